The number of amides is 1. The molecule has 1 saturated heterocycles. The molecule has 1 amide bonds. The molecule has 0 atom stereocenters. The van der Waals surface area contributed by atoms with Gasteiger partial charge < -0.3 is 10.6 Å². The van der Waals surface area contributed by atoms with Crippen LogP contribution in [0.25, 0.3) is 0 Å². The third-order valence-electron chi connectivity index (χ3n) is 3.49. The number of pyridine rings is 1. The van der Waals surface area contributed by atoms with Gasteiger partial charge >= 0.3 is 0 Å². The van der Waals surface area contributed by atoms with Crippen LogP contribution in [-0.4, -0.2) is 32.8 Å². The number of likely N-dealkylation sites (tertiary alicyclic amines) is 1. The summed E-state index contributed by atoms with van der Waals surface area (Å²) in [6.45, 7) is 4.58. The third-order valence-corrected chi connectivity index (χ3v) is 3.49. The second kappa shape index (κ2) is 4.49. The minimum atomic E-state index is -0.585. The summed E-state index contributed by atoms with van der Waals surface area (Å²) in [4.78, 5) is 28.0. The quantitative estimate of drug-likeness (QED) is 0.645. The van der Waals surface area contributed by atoms with Crippen molar-refractivity contribution < 1.29 is 9.72 Å². The smallest absolute Gasteiger partial charge is 0.288 e. The molecule has 1 aliphatic heterocycles. The summed E-state index contributed by atoms with van der Waals surface area (Å²) in [5, 5.41) is 10.7. The fourth-order valence-electron chi connectivity index (χ4n) is 2.36. The number of carbonyl (C=O) groups excluding carboxylic acids is 1. The molecule has 7 heteroatoms. The predicted octanol–water partition coefficient (Wildman–Crippen LogP) is 1.59. The Labute approximate surface area is 110 Å². The molecule has 19 heavy (non-hydrogen) atoms. The molecule has 2 N–H and O–H groups in total. The number of anilines is 1. The predicted molar refractivity (Wildman–Crippen MR) is 69.7 cm³/mol. The first kappa shape index (κ1) is 13.3. The van der Waals surface area contributed by atoms with Crippen LogP contribution >= 0.6 is 0 Å². The largest absolute Gasteiger partial charge is 0.383 e. The second-order valence-corrected chi connectivity index (χ2v) is 5.26. The Kier molecular flexibility index (Phi) is 3.13. The number of aromatic nitrogens is 1. The van der Waals surface area contributed by atoms with Gasteiger partial charge in [-0.15, -0.1) is 0 Å². The topological polar surface area (TPSA) is 102 Å². The summed E-state index contributed by atoms with van der Waals surface area (Å²) in [5.41, 5.74) is 5.28. The number of rotatable bonds is 2. The molecule has 1 aromatic heterocycles. The highest BCUT2D eigenvalue weighted by Gasteiger charge is 2.37. The van der Waals surface area contributed by atoms with Crippen LogP contribution in [0.3, 0.4) is 0 Å². The van der Waals surface area contributed by atoms with E-state index < -0.39 is 4.92 Å². The van der Waals surface area contributed by atoms with Crippen molar-refractivity contribution in [2.45, 2.75) is 32.2 Å². The van der Waals surface area contributed by atoms with Crippen LogP contribution in [0.1, 0.15) is 37.0 Å². The van der Waals surface area contributed by atoms with E-state index >= 15 is 0 Å². The molecule has 0 aromatic carbocycles. The number of hydrogen-bond acceptors (Lipinski definition) is 5. The van der Waals surface area contributed by atoms with Gasteiger partial charge in [-0.05, 0) is 26.7 Å². The van der Waals surface area contributed by atoms with E-state index in [1.165, 1.54) is 6.07 Å². The molecule has 0 unspecified atom stereocenters. The molecular weight excluding hydrogens is 248 g/mol. The number of nitro groups is 1. The van der Waals surface area contributed by atoms with E-state index in [0.717, 1.165) is 19.0 Å². The Morgan fingerprint density at radius 1 is 1.58 bits per heavy atom. The van der Waals surface area contributed by atoms with Crippen molar-refractivity contribution in [2.75, 3.05) is 12.3 Å². The van der Waals surface area contributed by atoms with Gasteiger partial charge in [0.1, 0.15) is 12.0 Å². The van der Waals surface area contributed by atoms with Crippen LogP contribution in [-0.2, 0) is 0 Å². The van der Waals surface area contributed by atoms with Gasteiger partial charge in [-0.2, -0.15) is 0 Å². The Balaban J connectivity index is 2.38. The molecule has 1 aromatic rings. The van der Waals surface area contributed by atoms with Gasteiger partial charge in [0.05, 0.1) is 10.5 Å². The second-order valence-electron chi connectivity index (χ2n) is 5.26. The number of nitrogen functional groups attached to an aromatic ring is 1. The normalized spacial score (nSPS) is 17.5. The Bertz CT molecular complexity index is 542. The van der Waals surface area contributed by atoms with E-state index in [9.17, 15) is 14.9 Å². The third kappa shape index (κ3) is 2.35. The van der Waals surface area contributed by atoms with E-state index in [-0.39, 0.29) is 28.5 Å². The van der Waals surface area contributed by atoms with Gasteiger partial charge in [0.25, 0.3) is 11.6 Å². The van der Waals surface area contributed by atoms with Crippen molar-refractivity contribution >= 4 is 17.4 Å². The SMILES string of the molecule is CC1(C)CCCN1C(=O)c1cc([N+](=O)[O-])cnc1N. The Morgan fingerprint density at radius 3 is 2.79 bits per heavy atom. The van der Waals surface area contributed by atoms with Crippen molar-refractivity contribution in [1.82, 2.24) is 9.88 Å². The number of nitrogens with zero attached hydrogens (tertiary/aromatic N) is 3. The van der Waals surface area contributed by atoms with Crippen LogP contribution < -0.4 is 5.73 Å². The van der Waals surface area contributed by atoms with Crippen LogP contribution in [0.5, 0.6) is 0 Å². The summed E-state index contributed by atoms with van der Waals surface area (Å²) >= 11 is 0. The van der Waals surface area contributed by atoms with E-state index in [4.69, 9.17) is 5.73 Å². The highest BCUT2D eigenvalue weighted by Crippen LogP contribution is 2.31. The maximum absolute atomic E-state index is 12.4. The van der Waals surface area contributed by atoms with E-state index in [0.29, 0.717) is 6.54 Å². The molecule has 2 heterocycles. The zero-order valence-corrected chi connectivity index (χ0v) is 10.9. The summed E-state index contributed by atoms with van der Waals surface area (Å²) < 4.78 is 0. The molecule has 1 fully saturated rings. The first-order chi connectivity index (χ1) is 8.83. The average molecular weight is 264 g/mol. The van der Waals surface area contributed by atoms with Gasteiger partial charge in [-0.3, -0.25) is 14.9 Å². The van der Waals surface area contributed by atoms with Crippen molar-refractivity contribution in [1.29, 1.82) is 0 Å². The van der Waals surface area contributed by atoms with Crippen molar-refractivity contribution in [3.05, 3.63) is 27.9 Å². The van der Waals surface area contributed by atoms with Crippen molar-refractivity contribution in [3.63, 3.8) is 0 Å². The fourth-order valence-corrected chi connectivity index (χ4v) is 2.36. The average Bonchev–Trinajstić information content (AvgIpc) is 2.68. The van der Waals surface area contributed by atoms with Crippen LogP contribution in [0.2, 0.25) is 0 Å². The van der Waals surface area contributed by atoms with E-state index in [1.807, 2.05) is 13.8 Å². The van der Waals surface area contributed by atoms with Gasteiger partial charge in [-0.25, -0.2) is 4.98 Å². The van der Waals surface area contributed by atoms with E-state index in [2.05, 4.69) is 4.98 Å². The standard InChI is InChI=1S/C12H16N4O3/c1-12(2)4-3-5-15(12)11(17)9-6-8(16(18)19)7-14-10(9)13/h6-7H,3-5H2,1-2H3,(H2,13,14). The monoisotopic (exact) mass is 264 g/mol. The molecule has 0 spiro atoms. The zero-order valence-electron chi connectivity index (χ0n) is 10.9. The molecule has 102 valence electrons. The van der Waals surface area contributed by atoms with Crippen molar-refractivity contribution in [2.24, 2.45) is 0 Å². The summed E-state index contributed by atoms with van der Waals surface area (Å²) in [6, 6.07) is 1.19. The van der Waals surface area contributed by atoms with Crippen LogP contribution in [0, 0.1) is 10.1 Å². The fraction of sp³-hybridized carbons (Fsp3) is 0.500. The minimum Gasteiger partial charge on any atom is -0.383 e. The lowest BCUT2D eigenvalue weighted by Crippen LogP contribution is -2.42. The number of nitrogens with two attached hydrogens (primary N) is 1. The highest BCUT2D eigenvalue weighted by molar-refractivity contribution is 5.99. The van der Waals surface area contributed by atoms with Gasteiger partial charge in [0.15, 0.2) is 0 Å². The molecular formula is C12H16N4O3. The lowest BCUT2D eigenvalue weighted by molar-refractivity contribution is -0.385. The lowest BCUT2D eigenvalue weighted by atomic mass is 10.0. The van der Waals surface area contributed by atoms with Crippen molar-refractivity contribution in [3.8, 4) is 0 Å². The Hall–Kier alpha value is -2.18. The molecule has 0 saturated carbocycles. The molecule has 0 bridgehead atoms. The molecule has 0 radical (unpaired) electrons. The van der Waals surface area contributed by atoms with E-state index in [1.54, 1.807) is 4.90 Å². The number of carbonyl (C=O) groups is 1. The summed E-state index contributed by atoms with van der Waals surface area (Å²) in [6.07, 6.45) is 2.88. The van der Waals surface area contributed by atoms with Gasteiger partial charge in [0, 0.05) is 18.2 Å². The van der Waals surface area contributed by atoms with Crippen LogP contribution in [0.15, 0.2) is 12.3 Å². The van der Waals surface area contributed by atoms with Gasteiger partial charge in [-0.1, -0.05) is 0 Å². The molecule has 2 rings (SSSR count). The Morgan fingerprint density at radius 2 is 2.26 bits per heavy atom. The lowest BCUT2D eigenvalue weighted by Gasteiger charge is -2.31. The summed E-state index contributed by atoms with van der Waals surface area (Å²) in [7, 11) is 0. The van der Waals surface area contributed by atoms with Crippen LogP contribution in [0.4, 0.5) is 11.5 Å². The molecule has 1 aliphatic rings. The maximum Gasteiger partial charge on any atom is 0.288 e. The molecule has 7 nitrogen and oxygen atoms in total. The zero-order chi connectivity index (χ0) is 14.2. The molecule has 0 aliphatic carbocycles. The minimum absolute atomic E-state index is 0.0262. The summed E-state index contributed by atoms with van der Waals surface area (Å²) in [5.74, 6) is -0.269. The van der Waals surface area contributed by atoms with Gasteiger partial charge in [0.2, 0.25) is 0 Å². The highest BCUT2D eigenvalue weighted by atomic mass is 16.6. The number of hydrogen-bond donors (Lipinski definition) is 1. The first-order valence-corrected chi connectivity index (χ1v) is 6.05. The maximum atomic E-state index is 12.4. The first-order valence-electron chi connectivity index (χ1n) is 6.05.